The number of rotatable bonds is 12. The molecule has 1 saturated carbocycles. The lowest BCUT2D eigenvalue weighted by atomic mass is 9.75. The molecule has 33 heavy (non-hydrogen) atoms. The van der Waals surface area contributed by atoms with Gasteiger partial charge in [-0.15, -0.1) is 0 Å². The van der Waals surface area contributed by atoms with Crippen LogP contribution in [0.4, 0.5) is 5.69 Å². The second-order valence-electron chi connectivity index (χ2n) is 9.89. The quantitative estimate of drug-likeness (QED) is 0.267. The summed E-state index contributed by atoms with van der Waals surface area (Å²) < 4.78 is 28.0. The Morgan fingerprint density at radius 1 is 1.21 bits per heavy atom. The third-order valence-electron chi connectivity index (χ3n) is 6.59. The van der Waals surface area contributed by atoms with Gasteiger partial charge in [0.2, 0.25) is 15.9 Å². The Labute approximate surface area is 199 Å². The van der Waals surface area contributed by atoms with Gasteiger partial charge in [0.25, 0.3) is 0 Å². The monoisotopic (exact) mass is 482 g/mol. The summed E-state index contributed by atoms with van der Waals surface area (Å²) in [7, 11) is -3.81. The van der Waals surface area contributed by atoms with Crippen molar-refractivity contribution in [3.8, 4) is 0 Å². The Kier molecular flexibility index (Phi) is 10.1. The van der Waals surface area contributed by atoms with Crippen molar-refractivity contribution in [2.24, 2.45) is 17.6 Å². The molecule has 1 aromatic rings. The highest BCUT2D eigenvalue weighted by molar-refractivity contribution is 7.89. The average Bonchev–Trinajstić information content (AvgIpc) is 2.78. The Hall–Kier alpha value is -1.68. The predicted molar refractivity (Wildman–Crippen MR) is 132 cm³/mol. The number of hydrogen-bond acceptors (Lipinski definition) is 6. The lowest BCUT2D eigenvalue weighted by Gasteiger charge is -2.35. The summed E-state index contributed by atoms with van der Waals surface area (Å²) in [6.07, 6.45) is 6.31. The molecule has 9 heteroatoms. The molecule has 0 heterocycles. The molecule has 0 bridgehead atoms. The minimum atomic E-state index is -3.81. The molecular formula is C24H42N4O4S. The molecule has 0 saturated heterocycles. The molecule has 0 spiro atoms. The van der Waals surface area contributed by atoms with E-state index in [0.29, 0.717) is 25.1 Å². The second-order valence-corrected chi connectivity index (χ2v) is 11.8. The number of carbonyl (C=O) groups is 1. The van der Waals surface area contributed by atoms with Crippen LogP contribution in [-0.2, 0) is 14.8 Å². The van der Waals surface area contributed by atoms with Crippen molar-refractivity contribution in [1.82, 2.24) is 9.62 Å². The molecule has 1 aromatic carbocycles. The SMILES string of the molecule is CC(C)CN(C(CO)CCCNC(=O)[C@@](C)(N)C1CCCCC1)S(=O)(=O)c1ccc(N)cc1. The maximum absolute atomic E-state index is 13.3. The highest BCUT2D eigenvalue weighted by atomic mass is 32.2. The molecule has 1 amide bonds. The van der Waals surface area contributed by atoms with E-state index in [9.17, 15) is 18.3 Å². The maximum Gasteiger partial charge on any atom is 0.243 e. The van der Waals surface area contributed by atoms with Gasteiger partial charge in [0.1, 0.15) is 0 Å². The van der Waals surface area contributed by atoms with Gasteiger partial charge >= 0.3 is 0 Å². The van der Waals surface area contributed by atoms with Crippen LogP contribution >= 0.6 is 0 Å². The summed E-state index contributed by atoms with van der Waals surface area (Å²) in [6.45, 7) is 6.05. The Balaban J connectivity index is 2.01. The summed E-state index contributed by atoms with van der Waals surface area (Å²) >= 11 is 0. The van der Waals surface area contributed by atoms with Crippen LogP contribution in [0.2, 0.25) is 0 Å². The summed E-state index contributed by atoms with van der Waals surface area (Å²) in [4.78, 5) is 12.9. The first-order valence-electron chi connectivity index (χ1n) is 12.1. The first-order valence-corrected chi connectivity index (χ1v) is 13.5. The fourth-order valence-electron chi connectivity index (χ4n) is 4.52. The molecule has 188 valence electrons. The van der Waals surface area contributed by atoms with Crippen molar-refractivity contribution in [2.45, 2.75) is 82.2 Å². The van der Waals surface area contributed by atoms with E-state index in [4.69, 9.17) is 11.5 Å². The summed E-state index contributed by atoms with van der Waals surface area (Å²) in [5, 5.41) is 13.0. The molecule has 1 fully saturated rings. The molecule has 0 aliphatic heterocycles. The maximum atomic E-state index is 13.3. The number of nitrogens with one attached hydrogen (secondary N) is 1. The number of amides is 1. The van der Waals surface area contributed by atoms with Crippen molar-refractivity contribution in [2.75, 3.05) is 25.4 Å². The molecule has 1 aliphatic rings. The zero-order valence-corrected chi connectivity index (χ0v) is 21.1. The minimum absolute atomic E-state index is 0.0794. The number of hydrogen-bond donors (Lipinski definition) is 4. The molecule has 6 N–H and O–H groups in total. The van der Waals surface area contributed by atoms with Gasteiger partial charge in [0.15, 0.2) is 0 Å². The van der Waals surface area contributed by atoms with E-state index in [1.165, 1.54) is 22.9 Å². The van der Waals surface area contributed by atoms with E-state index in [2.05, 4.69) is 5.32 Å². The van der Waals surface area contributed by atoms with Crippen LogP contribution in [-0.4, -0.2) is 55.0 Å². The van der Waals surface area contributed by atoms with Gasteiger partial charge in [-0.25, -0.2) is 8.42 Å². The molecule has 2 rings (SSSR count). The van der Waals surface area contributed by atoms with Crippen LogP contribution in [0.25, 0.3) is 0 Å². The van der Waals surface area contributed by atoms with E-state index in [-0.39, 0.29) is 35.8 Å². The van der Waals surface area contributed by atoms with Crippen LogP contribution in [0.5, 0.6) is 0 Å². The fourth-order valence-corrected chi connectivity index (χ4v) is 6.33. The topological polar surface area (TPSA) is 139 Å². The van der Waals surface area contributed by atoms with Gasteiger partial charge in [-0.05, 0) is 68.7 Å². The van der Waals surface area contributed by atoms with Crippen molar-refractivity contribution in [3.05, 3.63) is 24.3 Å². The minimum Gasteiger partial charge on any atom is -0.399 e. The number of sulfonamides is 1. The Bertz CT molecular complexity index is 850. The average molecular weight is 483 g/mol. The number of benzene rings is 1. The number of carbonyl (C=O) groups excluding carboxylic acids is 1. The van der Waals surface area contributed by atoms with Gasteiger partial charge in [-0.1, -0.05) is 33.1 Å². The van der Waals surface area contributed by atoms with Crippen molar-refractivity contribution >= 4 is 21.6 Å². The molecule has 8 nitrogen and oxygen atoms in total. The second kappa shape index (κ2) is 12.1. The van der Waals surface area contributed by atoms with Crippen molar-refractivity contribution in [3.63, 3.8) is 0 Å². The number of nitrogens with two attached hydrogens (primary N) is 2. The molecule has 1 aliphatic carbocycles. The van der Waals surface area contributed by atoms with Gasteiger partial charge in [-0.3, -0.25) is 4.79 Å². The fraction of sp³-hybridized carbons (Fsp3) is 0.708. The van der Waals surface area contributed by atoms with Crippen LogP contribution in [0, 0.1) is 11.8 Å². The number of aliphatic hydroxyl groups excluding tert-OH is 1. The number of nitrogens with zero attached hydrogens (tertiary/aromatic N) is 1. The van der Waals surface area contributed by atoms with Crippen LogP contribution < -0.4 is 16.8 Å². The third-order valence-corrected chi connectivity index (χ3v) is 8.52. The highest BCUT2D eigenvalue weighted by Crippen LogP contribution is 2.31. The molecular weight excluding hydrogens is 440 g/mol. The summed E-state index contributed by atoms with van der Waals surface area (Å²) in [5.41, 5.74) is 11.7. The van der Waals surface area contributed by atoms with E-state index in [1.54, 1.807) is 19.1 Å². The predicted octanol–water partition coefficient (Wildman–Crippen LogP) is 2.47. The lowest BCUT2D eigenvalue weighted by molar-refractivity contribution is -0.128. The zero-order valence-electron chi connectivity index (χ0n) is 20.3. The lowest BCUT2D eigenvalue weighted by Crippen LogP contribution is -2.57. The number of nitrogen functional groups attached to an aromatic ring is 1. The van der Waals surface area contributed by atoms with Gasteiger partial charge in [0, 0.05) is 24.8 Å². The third kappa shape index (κ3) is 7.40. The highest BCUT2D eigenvalue weighted by Gasteiger charge is 2.38. The van der Waals surface area contributed by atoms with Gasteiger partial charge < -0.3 is 21.9 Å². The smallest absolute Gasteiger partial charge is 0.243 e. The van der Waals surface area contributed by atoms with E-state index < -0.39 is 21.6 Å². The summed E-state index contributed by atoms with van der Waals surface area (Å²) in [5.74, 6) is 0.0993. The first-order chi connectivity index (χ1) is 15.5. The Morgan fingerprint density at radius 2 is 1.82 bits per heavy atom. The molecule has 0 radical (unpaired) electrons. The standard InChI is InChI=1S/C24H42N4O4S/c1-18(2)16-28(33(31,32)22-13-11-20(25)12-14-22)21(17-29)10-7-15-27-23(30)24(3,26)19-8-5-4-6-9-19/h11-14,18-19,21,29H,4-10,15-17,25-26H2,1-3H3,(H,27,30)/t21?,24-/m0/s1. The van der Waals surface area contributed by atoms with E-state index in [1.807, 2.05) is 13.8 Å². The molecule has 1 unspecified atom stereocenters. The van der Waals surface area contributed by atoms with Crippen LogP contribution in [0.1, 0.15) is 65.7 Å². The number of anilines is 1. The van der Waals surface area contributed by atoms with Gasteiger partial charge in [-0.2, -0.15) is 4.31 Å². The van der Waals surface area contributed by atoms with E-state index in [0.717, 1.165) is 25.7 Å². The first kappa shape index (κ1) is 27.6. The zero-order chi connectivity index (χ0) is 24.6. The van der Waals surface area contributed by atoms with Crippen molar-refractivity contribution < 1.29 is 18.3 Å². The van der Waals surface area contributed by atoms with Gasteiger partial charge in [0.05, 0.1) is 17.0 Å². The molecule has 0 aromatic heterocycles. The number of aliphatic hydroxyl groups is 1. The summed E-state index contributed by atoms with van der Waals surface area (Å²) in [6, 6.07) is 5.49. The van der Waals surface area contributed by atoms with E-state index >= 15 is 0 Å². The van der Waals surface area contributed by atoms with Crippen LogP contribution in [0.3, 0.4) is 0 Å². The Morgan fingerprint density at radius 3 is 2.36 bits per heavy atom. The largest absolute Gasteiger partial charge is 0.399 e. The molecule has 2 atom stereocenters. The van der Waals surface area contributed by atoms with Crippen LogP contribution in [0.15, 0.2) is 29.2 Å². The van der Waals surface area contributed by atoms with Crippen molar-refractivity contribution in [1.29, 1.82) is 0 Å². The normalized spacial score (nSPS) is 18.3.